The molecule has 1 aromatic heterocycles. The zero-order valence-corrected chi connectivity index (χ0v) is 9.25. The summed E-state index contributed by atoms with van der Waals surface area (Å²) >= 11 is 0. The van der Waals surface area contributed by atoms with Crippen LogP contribution in [-0.4, -0.2) is 15.8 Å². The van der Waals surface area contributed by atoms with Crippen molar-refractivity contribution >= 4 is 5.69 Å². The SMILES string of the molecule is CCc1nn(C)cc1NC1CC(C)C1. The highest BCUT2D eigenvalue weighted by molar-refractivity contribution is 5.47. The molecule has 0 amide bonds. The molecule has 0 aliphatic heterocycles. The molecular weight excluding hydrogens is 174 g/mol. The Labute approximate surface area is 85.5 Å². The van der Waals surface area contributed by atoms with Gasteiger partial charge in [-0.2, -0.15) is 5.10 Å². The Morgan fingerprint density at radius 2 is 2.29 bits per heavy atom. The standard InChI is InChI=1S/C11H19N3/c1-4-10-11(7-14(3)13-10)12-9-5-8(2)6-9/h7-9,12H,4-6H2,1-3H3. The maximum absolute atomic E-state index is 4.41. The van der Waals surface area contributed by atoms with E-state index in [0.29, 0.717) is 6.04 Å². The molecule has 0 atom stereocenters. The Morgan fingerprint density at radius 1 is 1.57 bits per heavy atom. The topological polar surface area (TPSA) is 29.9 Å². The molecular formula is C11H19N3. The molecule has 0 bridgehead atoms. The predicted molar refractivity (Wildman–Crippen MR) is 58.4 cm³/mol. The van der Waals surface area contributed by atoms with Crippen molar-refractivity contribution in [2.45, 2.75) is 39.2 Å². The number of nitrogens with one attached hydrogen (secondary N) is 1. The lowest BCUT2D eigenvalue weighted by molar-refractivity contribution is 0.309. The fourth-order valence-electron chi connectivity index (χ4n) is 2.16. The molecule has 14 heavy (non-hydrogen) atoms. The van der Waals surface area contributed by atoms with Crippen LogP contribution in [-0.2, 0) is 13.5 Å². The minimum absolute atomic E-state index is 0.680. The zero-order chi connectivity index (χ0) is 10.1. The van der Waals surface area contributed by atoms with Gasteiger partial charge in [-0.3, -0.25) is 4.68 Å². The lowest BCUT2D eigenvalue weighted by Crippen LogP contribution is -2.33. The van der Waals surface area contributed by atoms with Gasteiger partial charge in [0.15, 0.2) is 0 Å². The minimum Gasteiger partial charge on any atom is -0.380 e. The first-order valence-corrected chi connectivity index (χ1v) is 5.48. The summed E-state index contributed by atoms with van der Waals surface area (Å²) in [4.78, 5) is 0. The average Bonchev–Trinajstić information content (AvgIpc) is 2.43. The molecule has 0 spiro atoms. The summed E-state index contributed by atoms with van der Waals surface area (Å²) < 4.78 is 1.89. The molecule has 3 heteroatoms. The molecule has 1 N–H and O–H groups in total. The van der Waals surface area contributed by atoms with Crippen molar-refractivity contribution in [1.82, 2.24) is 9.78 Å². The molecule has 2 rings (SSSR count). The van der Waals surface area contributed by atoms with Crippen molar-refractivity contribution in [2.24, 2.45) is 13.0 Å². The third kappa shape index (κ3) is 1.76. The van der Waals surface area contributed by atoms with E-state index in [1.807, 2.05) is 11.7 Å². The number of hydrogen-bond acceptors (Lipinski definition) is 2. The molecule has 1 aliphatic carbocycles. The van der Waals surface area contributed by atoms with Crippen LogP contribution in [0.15, 0.2) is 6.20 Å². The predicted octanol–water partition coefficient (Wildman–Crippen LogP) is 2.19. The third-order valence-electron chi connectivity index (χ3n) is 2.97. The van der Waals surface area contributed by atoms with Gasteiger partial charge in [-0.15, -0.1) is 0 Å². The van der Waals surface area contributed by atoms with E-state index in [0.717, 1.165) is 12.3 Å². The molecule has 1 aromatic rings. The molecule has 1 saturated carbocycles. The second kappa shape index (κ2) is 3.64. The Morgan fingerprint density at radius 3 is 2.86 bits per heavy atom. The van der Waals surface area contributed by atoms with Gasteiger partial charge >= 0.3 is 0 Å². The third-order valence-corrected chi connectivity index (χ3v) is 2.97. The van der Waals surface area contributed by atoms with Gasteiger partial charge in [0.2, 0.25) is 0 Å². The maximum Gasteiger partial charge on any atom is 0.0853 e. The highest BCUT2D eigenvalue weighted by Crippen LogP contribution is 2.30. The van der Waals surface area contributed by atoms with Crippen LogP contribution >= 0.6 is 0 Å². The van der Waals surface area contributed by atoms with Gasteiger partial charge < -0.3 is 5.32 Å². The van der Waals surface area contributed by atoms with Crippen LogP contribution in [0.2, 0.25) is 0 Å². The van der Waals surface area contributed by atoms with E-state index in [9.17, 15) is 0 Å². The normalized spacial score (nSPS) is 25.9. The van der Waals surface area contributed by atoms with E-state index in [1.165, 1.54) is 24.2 Å². The molecule has 0 radical (unpaired) electrons. The lowest BCUT2D eigenvalue weighted by Gasteiger charge is -2.33. The summed E-state index contributed by atoms with van der Waals surface area (Å²) in [5, 5.41) is 7.98. The smallest absolute Gasteiger partial charge is 0.0853 e. The largest absolute Gasteiger partial charge is 0.380 e. The van der Waals surface area contributed by atoms with E-state index < -0.39 is 0 Å². The number of rotatable bonds is 3. The van der Waals surface area contributed by atoms with E-state index in [4.69, 9.17) is 0 Å². The van der Waals surface area contributed by atoms with Crippen LogP contribution in [0, 0.1) is 5.92 Å². The van der Waals surface area contributed by atoms with Crippen molar-refractivity contribution in [3.63, 3.8) is 0 Å². The van der Waals surface area contributed by atoms with Crippen LogP contribution in [0.25, 0.3) is 0 Å². The van der Waals surface area contributed by atoms with E-state index in [1.54, 1.807) is 0 Å². The molecule has 3 nitrogen and oxygen atoms in total. The van der Waals surface area contributed by atoms with Gasteiger partial charge in [-0.1, -0.05) is 13.8 Å². The Kier molecular flexibility index (Phi) is 2.48. The summed E-state index contributed by atoms with van der Waals surface area (Å²) in [5.74, 6) is 0.897. The van der Waals surface area contributed by atoms with Crippen molar-refractivity contribution in [1.29, 1.82) is 0 Å². The van der Waals surface area contributed by atoms with Crippen molar-refractivity contribution in [3.05, 3.63) is 11.9 Å². The number of anilines is 1. The Bertz CT molecular complexity index is 310. The fraction of sp³-hybridized carbons (Fsp3) is 0.727. The van der Waals surface area contributed by atoms with Crippen LogP contribution in [0.3, 0.4) is 0 Å². The van der Waals surface area contributed by atoms with E-state index in [-0.39, 0.29) is 0 Å². The van der Waals surface area contributed by atoms with E-state index in [2.05, 4.69) is 30.5 Å². The second-order valence-electron chi connectivity index (χ2n) is 4.43. The number of aromatic nitrogens is 2. The average molecular weight is 193 g/mol. The molecule has 1 heterocycles. The molecule has 0 saturated heterocycles. The highest BCUT2D eigenvalue weighted by Gasteiger charge is 2.25. The summed E-state index contributed by atoms with van der Waals surface area (Å²) in [6, 6.07) is 0.680. The summed E-state index contributed by atoms with van der Waals surface area (Å²) in [5.41, 5.74) is 2.42. The van der Waals surface area contributed by atoms with Crippen LogP contribution in [0.1, 0.15) is 32.4 Å². The van der Waals surface area contributed by atoms with Gasteiger partial charge in [-0.25, -0.2) is 0 Å². The quantitative estimate of drug-likeness (QED) is 0.797. The van der Waals surface area contributed by atoms with Gasteiger partial charge in [0.1, 0.15) is 0 Å². The van der Waals surface area contributed by atoms with Gasteiger partial charge in [-0.05, 0) is 25.2 Å². The second-order valence-corrected chi connectivity index (χ2v) is 4.43. The van der Waals surface area contributed by atoms with Crippen LogP contribution < -0.4 is 5.32 Å². The summed E-state index contributed by atoms with van der Waals surface area (Å²) in [6.45, 7) is 4.46. The number of hydrogen-bond donors (Lipinski definition) is 1. The lowest BCUT2D eigenvalue weighted by atomic mass is 9.82. The monoisotopic (exact) mass is 193 g/mol. The molecule has 1 aliphatic rings. The number of nitrogens with zero attached hydrogens (tertiary/aromatic N) is 2. The van der Waals surface area contributed by atoms with E-state index >= 15 is 0 Å². The summed E-state index contributed by atoms with van der Waals surface area (Å²) in [6.07, 6.45) is 5.70. The first kappa shape index (κ1) is 9.56. The minimum atomic E-state index is 0.680. The Hall–Kier alpha value is -0.990. The van der Waals surface area contributed by atoms with Crippen LogP contribution in [0.5, 0.6) is 0 Å². The summed E-state index contributed by atoms with van der Waals surface area (Å²) in [7, 11) is 1.98. The first-order valence-electron chi connectivity index (χ1n) is 5.48. The van der Waals surface area contributed by atoms with Gasteiger partial charge in [0.05, 0.1) is 11.4 Å². The maximum atomic E-state index is 4.41. The zero-order valence-electron chi connectivity index (χ0n) is 9.25. The number of aryl methyl sites for hydroxylation is 2. The highest BCUT2D eigenvalue weighted by atomic mass is 15.3. The first-order chi connectivity index (χ1) is 6.69. The van der Waals surface area contributed by atoms with Crippen LogP contribution in [0.4, 0.5) is 5.69 Å². The Balaban J connectivity index is 2.01. The fourth-order valence-corrected chi connectivity index (χ4v) is 2.16. The molecule has 0 aromatic carbocycles. The van der Waals surface area contributed by atoms with Crippen molar-refractivity contribution in [2.75, 3.05) is 5.32 Å². The molecule has 1 fully saturated rings. The van der Waals surface area contributed by atoms with Gasteiger partial charge in [0, 0.05) is 19.3 Å². The van der Waals surface area contributed by atoms with Crippen molar-refractivity contribution < 1.29 is 0 Å². The molecule has 0 unspecified atom stereocenters. The van der Waals surface area contributed by atoms with Gasteiger partial charge in [0.25, 0.3) is 0 Å². The molecule has 78 valence electrons. The van der Waals surface area contributed by atoms with Crippen molar-refractivity contribution in [3.8, 4) is 0 Å².